The van der Waals surface area contributed by atoms with Crippen LogP contribution in [0.1, 0.15) is 39.1 Å². The third-order valence-electron chi connectivity index (χ3n) is 5.69. The summed E-state index contributed by atoms with van der Waals surface area (Å²) in [5.74, 6) is -1.06. The highest BCUT2D eigenvalue weighted by atomic mass is 16.2. The van der Waals surface area contributed by atoms with Gasteiger partial charge in [0, 0.05) is 25.7 Å². The fourth-order valence-electron chi connectivity index (χ4n) is 4.03. The van der Waals surface area contributed by atoms with E-state index < -0.39 is 11.8 Å². The standard InChI is InChI=1S/C23H25N3O3/c27-21(16-26-22(28)19-8-4-5-9-20(19)23(26)29)24-18-11-14-25(15-12-18)13-10-17-6-2-1-3-7-17/h1-9,18H,10-16H2,(H,24,27). The number of hydrogen-bond acceptors (Lipinski definition) is 4. The van der Waals surface area contributed by atoms with Crippen LogP contribution in [0.2, 0.25) is 0 Å². The van der Waals surface area contributed by atoms with Gasteiger partial charge in [0.25, 0.3) is 11.8 Å². The van der Waals surface area contributed by atoms with Gasteiger partial charge in [-0.3, -0.25) is 19.3 Å². The van der Waals surface area contributed by atoms with Gasteiger partial charge in [-0.1, -0.05) is 42.5 Å². The lowest BCUT2D eigenvalue weighted by Crippen LogP contribution is -2.48. The van der Waals surface area contributed by atoms with Gasteiger partial charge in [-0.25, -0.2) is 0 Å². The molecule has 0 atom stereocenters. The number of amides is 3. The van der Waals surface area contributed by atoms with Crippen LogP contribution in [0.5, 0.6) is 0 Å². The molecule has 0 aromatic heterocycles. The molecule has 4 rings (SSSR count). The molecule has 3 amide bonds. The lowest BCUT2D eigenvalue weighted by atomic mass is 10.0. The highest BCUT2D eigenvalue weighted by molar-refractivity contribution is 6.22. The van der Waals surface area contributed by atoms with Crippen LogP contribution in [-0.2, 0) is 11.2 Å². The van der Waals surface area contributed by atoms with E-state index >= 15 is 0 Å². The molecular formula is C23H25N3O3. The monoisotopic (exact) mass is 391 g/mol. The molecule has 1 N–H and O–H groups in total. The first-order valence-electron chi connectivity index (χ1n) is 10.1. The van der Waals surface area contributed by atoms with E-state index in [1.165, 1.54) is 5.56 Å². The number of fused-ring (bicyclic) bond motifs is 1. The first kappa shape index (κ1) is 19.3. The second-order valence-corrected chi connectivity index (χ2v) is 7.66. The van der Waals surface area contributed by atoms with E-state index in [2.05, 4.69) is 34.5 Å². The smallest absolute Gasteiger partial charge is 0.262 e. The molecular weight excluding hydrogens is 366 g/mol. The number of carbonyl (C=O) groups excluding carboxylic acids is 3. The highest BCUT2D eigenvalue weighted by Crippen LogP contribution is 2.22. The first-order valence-corrected chi connectivity index (χ1v) is 10.1. The summed E-state index contributed by atoms with van der Waals surface area (Å²) in [7, 11) is 0. The quantitative estimate of drug-likeness (QED) is 0.766. The van der Waals surface area contributed by atoms with E-state index in [1.54, 1.807) is 24.3 Å². The highest BCUT2D eigenvalue weighted by Gasteiger charge is 2.36. The second kappa shape index (κ2) is 8.57. The van der Waals surface area contributed by atoms with E-state index in [4.69, 9.17) is 0 Å². The third kappa shape index (κ3) is 4.38. The molecule has 0 radical (unpaired) electrons. The minimum atomic E-state index is -0.392. The summed E-state index contributed by atoms with van der Waals surface area (Å²) in [5.41, 5.74) is 2.08. The van der Waals surface area contributed by atoms with Crippen LogP contribution in [0.4, 0.5) is 0 Å². The van der Waals surface area contributed by atoms with E-state index in [0.29, 0.717) is 11.1 Å². The topological polar surface area (TPSA) is 69.7 Å². The predicted octanol–water partition coefficient (Wildman–Crippen LogP) is 2.11. The summed E-state index contributed by atoms with van der Waals surface area (Å²) in [5, 5.41) is 3.00. The number of likely N-dealkylation sites (tertiary alicyclic amines) is 1. The van der Waals surface area contributed by atoms with Crippen molar-refractivity contribution in [2.45, 2.75) is 25.3 Å². The summed E-state index contributed by atoms with van der Waals surface area (Å²) in [4.78, 5) is 40.7. The largest absolute Gasteiger partial charge is 0.352 e. The van der Waals surface area contributed by atoms with E-state index in [0.717, 1.165) is 43.8 Å². The fourth-order valence-corrected chi connectivity index (χ4v) is 4.03. The van der Waals surface area contributed by atoms with Gasteiger partial charge in [0.1, 0.15) is 6.54 Å². The number of imide groups is 1. The van der Waals surface area contributed by atoms with Crippen molar-refractivity contribution in [2.75, 3.05) is 26.2 Å². The summed E-state index contributed by atoms with van der Waals surface area (Å²) < 4.78 is 0. The van der Waals surface area contributed by atoms with Gasteiger partial charge in [0.2, 0.25) is 5.91 Å². The number of carbonyl (C=O) groups is 3. The minimum Gasteiger partial charge on any atom is -0.352 e. The summed E-state index contributed by atoms with van der Waals surface area (Å²) in [6, 6.07) is 17.2. The first-order chi connectivity index (χ1) is 14.1. The van der Waals surface area contributed by atoms with Gasteiger partial charge < -0.3 is 10.2 Å². The molecule has 0 unspecified atom stereocenters. The maximum Gasteiger partial charge on any atom is 0.262 e. The molecule has 2 aromatic carbocycles. The van der Waals surface area contributed by atoms with Crippen LogP contribution in [-0.4, -0.2) is 59.7 Å². The molecule has 2 aliphatic heterocycles. The van der Waals surface area contributed by atoms with E-state index in [1.807, 2.05) is 6.07 Å². The number of benzene rings is 2. The Morgan fingerprint density at radius 1 is 0.897 bits per heavy atom. The predicted molar refractivity (Wildman–Crippen MR) is 110 cm³/mol. The third-order valence-corrected chi connectivity index (χ3v) is 5.69. The molecule has 0 spiro atoms. The molecule has 0 saturated carbocycles. The van der Waals surface area contributed by atoms with Crippen molar-refractivity contribution in [1.82, 2.24) is 15.1 Å². The van der Waals surface area contributed by atoms with Crippen LogP contribution >= 0.6 is 0 Å². The number of piperidine rings is 1. The molecule has 1 saturated heterocycles. The lowest BCUT2D eigenvalue weighted by molar-refractivity contribution is -0.122. The summed E-state index contributed by atoms with van der Waals surface area (Å²) in [6.07, 6.45) is 2.78. The molecule has 2 aromatic rings. The zero-order valence-corrected chi connectivity index (χ0v) is 16.3. The van der Waals surface area contributed by atoms with E-state index in [-0.39, 0.29) is 18.5 Å². The Kier molecular flexibility index (Phi) is 5.71. The molecule has 6 nitrogen and oxygen atoms in total. The summed E-state index contributed by atoms with van der Waals surface area (Å²) >= 11 is 0. The normalized spacial score (nSPS) is 17.4. The molecule has 1 fully saturated rings. The number of nitrogens with one attached hydrogen (secondary N) is 1. The number of nitrogens with zero attached hydrogens (tertiary/aromatic N) is 2. The van der Waals surface area contributed by atoms with Gasteiger partial charge in [0.05, 0.1) is 11.1 Å². The molecule has 150 valence electrons. The lowest BCUT2D eigenvalue weighted by Gasteiger charge is -2.32. The van der Waals surface area contributed by atoms with Crippen molar-refractivity contribution in [3.63, 3.8) is 0 Å². The molecule has 29 heavy (non-hydrogen) atoms. The number of rotatable bonds is 6. The average Bonchev–Trinajstić information content (AvgIpc) is 2.99. The average molecular weight is 391 g/mol. The molecule has 2 heterocycles. The van der Waals surface area contributed by atoms with Gasteiger partial charge >= 0.3 is 0 Å². The minimum absolute atomic E-state index is 0.0886. The van der Waals surface area contributed by atoms with Gasteiger partial charge in [0.15, 0.2) is 0 Å². The molecule has 0 bridgehead atoms. The van der Waals surface area contributed by atoms with Crippen molar-refractivity contribution in [1.29, 1.82) is 0 Å². The SMILES string of the molecule is O=C(CN1C(=O)c2ccccc2C1=O)NC1CCN(CCc2ccccc2)CC1. The Morgan fingerprint density at radius 2 is 1.48 bits per heavy atom. The van der Waals surface area contributed by atoms with Gasteiger partial charge in [-0.2, -0.15) is 0 Å². The van der Waals surface area contributed by atoms with Crippen LogP contribution in [0, 0.1) is 0 Å². The molecule has 0 aliphatic carbocycles. The second-order valence-electron chi connectivity index (χ2n) is 7.66. The van der Waals surface area contributed by atoms with Crippen LogP contribution in [0.25, 0.3) is 0 Å². The Balaban J connectivity index is 1.22. The van der Waals surface area contributed by atoms with Crippen LogP contribution < -0.4 is 5.32 Å². The Morgan fingerprint density at radius 3 is 2.10 bits per heavy atom. The number of hydrogen-bond donors (Lipinski definition) is 1. The van der Waals surface area contributed by atoms with Crippen molar-refractivity contribution in [2.24, 2.45) is 0 Å². The van der Waals surface area contributed by atoms with Gasteiger partial charge in [-0.05, 0) is 37.0 Å². The maximum absolute atomic E-state index is 12.4. The molecule has 2 aliphatic rings. The zero-order valence-electron chi connectivity index (χ0n) is 16.3. The van der Waals surface area contributed by atoms with Crippen LogP contribution in [0.15, 0.2) is 54.6 Å². The zero-order chi connectivity index (χ0) is 20.2. The van der Waals surface area contributed by atoms with Gasteiger partial charge in [-0.15, -0.1) is 0 Å². The Hall–Kier alpha value is -2.99. The summed E-state index contributed by atoms with van der Waals surface area (Å²) in [6.45, 7) is 2.66. The van der Waals surface area contributed by atoms with Crippen molar-refractivity contribution in [3.05, 3.63) is 71.3 Å². The van der Waals surface area contributed by atoms with Crippen molar-refractivity contribution in [3.8, 4) is 0 Å². The fraction of sp³-hybridized carbons (Fsp3) is 0.348. The van der Waals surface area contributed by atoms with Crippen LogP contribution in [0.3, 0.4) is 0 Å². The Labute approximate surface area is 170 Å². The van der Waals surface area contributed by atoms with Crippen molar-refractivity contribution < 1.29 is 14.4 Å². The Bertz CT molecular complexity index is 870. The van der Waals surface area contributed by atoms with E-state index in [9.17, 15) is 14.4 Å². The maximum atomic E-state index is 12.4. The molecule has 6 heteroatoms. The van der Waals surface area contributed by atoms with Crippen molar-refractivity contribution >= 4 is 17.7 Å².